The SMILES string of the molecule is Cc1ccc(COc2c(Cl)cc(/C=C3/SC(=O)N(CC4CCCCC4)C3=O)cc2Cl)cc1. The number of thioether (sulfide) groups is 1. The minimum absolute atomic E-state index is 0.206. The summed E-state index contributed by atoms with van der Waals surface area (Å²) < 4.78 is 5.84. The summed E-state index contributed by atoms with van der Waals surface area (Å²) in [6.07, 6.45) is 7.42. The minimum Gasteiger partial charge on any atom is -0.486 e. The number of carbonyl (C=O) groups is 2. The maximum Gasteiger partial charge on any atom is 0.293 e. The average Bonchev–Trinajstić information content (AvgIpc) is 3.02. The summed E-state index contributed by atoms with van der Waals surface area (Å²) in [5.74, 6) is 0.569. The summed E-state index contributed by atoms with van der Waals surface area (Å²) in [4.78, 5) is 27.1. The third kappa shape index (κ3) is 5.51. The molecule has 0 unspecified atom stereocenters. The lowest BCUT2D eigenvalue weighted by molar-refractivity contribution is -0.123. The summed E-state index contributed by atoms with van der Waals surface area (Å²) in [5.41, 5.74) is 2.85. The van der Waals surface area contributed by atoms with Crippen molar-refractivity contribution >= 4 is 52.2 Å². The Morgan fingerprint density at radius 1 is 1.06 bits per heavy atom. The normalized spacial score (nSPS) is 18.6. The molecule has 1 heterocycles. The van der Waals surface area contributed by atoms with Crippen molar-refractivity contribution in [3.05, 3.63) is 68.0 Å². The molecule has 1 aliphatic carbocycles. The second-order valence-electron chi connectivity index (χ2n) is 8.38. The Labute approximate surface area is 202 Å². The molecule has 32 heavy (non-hydrogen) atoms. The molecule has 0 spiro atoms. The molecule has 2 fully saturated rings. The first kappa shape index (κ1) is 23.2. The van der Waals surface area contributed by atoms with Crippen molar-refractivity contribution in [3.8, 4) is 5.75 Å². The van der Waals surface area contributed by atoms with Gasteiger partial charge in [0.15, 0.2) is 5.75 Å². The Bertz CT molecular complexity index is 1020. The largest absolute Gasteiger partial charge is 0.486 e. The molecule has 2 aromatic carbocycles. The quantitative estimate of drug-likeness (QED) is 0.394. The highest BCUT2D eigenvalue weighted by molar-refractivity contribution is 8.18. The Morgan fingerprint density at radius 3 is 2.38 bits per heavy atom. The number of nitrogens with zero attached hydrogens (tertiary/aromatic N) is 1. The van der Waals surface area contributed by atoms with Gasteiger partial charge in [-0.05, 0) is 66.8 Å². The number of benzene rings is 2. The summed E-state index contributed by atoms with van der Waals surface area (Å²) in [6, 6.07) is 11.4. The van der Waals surface area contributed by atoms with E-state index in [4.69, 9.17) is 27.9 Å². The van der Waals surface area contributed by atoms with E-state index in [1.165, 1.54) is 29.7 Å². The molecular formula is C25H25Cl2NO3S. The molecule has 0 atom stereocenters. The van der Waals surface area contributed by atoms with Gasteiger partial charge in [-0.15, -0.1) is 0 Å². The number of aryl methyl sites for hydroxylation is 1. The van der Waals surface area contributed by atoms with Gasteiger partial charge in [-0.2, -0.15) is 0 Å². The van der Waals surface area contributed by atoms with E-state index in [-0.39, 0.29) is 11.1 Å². The van der Waals surface area contributed by atoms with Gasteiger partial charge in [0.2, 0.25) is 0 Å². The first-order valence-corrected chi connectivity index (χ1v) is 12.4. The number of ether oxygens (including phenoxy) is 1. The maximum atomic E-state index is 12.8. The van der Waals surface area contributed by atoms with Crippen LogP contribution >= 0.6 is 35.0 Å². The number of halogens is 2. The van der Waals surface area contributed by atoms with E-state index in [2.05, 4.69) is 0 Å². The summed E-state index contributed by atoms with van der Waals surface area (Å²) in [7, 11) is 0. The molecule has 2 amide bonds. The van der Waals surface area contributed by atoms with Gasteiger partial charge in [0.1, 0.15) is 6.61 Å². The zero-order valence-corrected chi connectivity index (χ0v) is 20.2. The van der Waals surface area contributed by atoms with Gasteiger partial charge in [-0.1, -0.05) is 72.3 Å². The van der Waals surface area contributed by atoms with E-state index in [1.54, 1.807) is 18.2 Å². The van der Waals surface area contributed by atoms with E-state index >= 15 is 0 Å². The third-order valence-electron chi connectivity index (χ3n) is 5.86. The fraction of sp³-hybridized carbons (Fsp3) is 0.360. The first-order valence-electron chi connectivity index (χ1n) is 10.8. The number of amides is 2. The van der Waals surface area contributed by atoms with Crippen molar-refractivity contribution in [1.29, 1.82) is 0 Å². The zero-order chi connectivity index (χ0) is 22.7. The number of hydrogen-bond acceptors (Lipinski definition) is 4. The molecule has 2 aromatic rings. The fourth-order valence-electron chi connectivity index (χ4n) is 4.08. The van der Waals surface area contributed by atoms with Crippen LogP contribution in [0.3, 0.4) is 0 Å². The fourth-order valence-corrected chi connectivity index (χ4v) is 5.54. The van der Waals surface area contributed by atoms with E-state index in [0.29, 0.717) is 45.3 Å². The number of rotatable bonds is 6. The molecule has 0 radical (unpaired) electrons. The number of hydrogen-bond donors (Lipinski definition) is 0. The van der Waals surface area contributed by atoms with Crippen molar-refractivity contribution in [2.75, 3.05) is 6.54 Å². The van der Waals surface area contributed by atoms with Crippen LogP contribution in [-0.4, -0.2) is 22.6 Å². The monoisotopic (exact) mass is 489 g/mol. The van der Waals surface area contributed by atoms with Gasteiger partial charge in [0.25, 0.3) is 11.1 Å². The zero-order valence-electron chi connectivity index (χ0n) is 17.9. The summed E-state index contributed by atoms with van der Waals surface area (Å²) in [6.45, 7) is 2.89. The van der Waals surface area contributed by atoms with Gasteiger partial charge in [0.05, 0.1) is 15.0 Å². The predicted molar refractivity (Wildman–Crippen MR) is 131 cm³/mol. The lowest BCUT2D eigenvalue weighted by Gasteiger charge is -2.25. The minimum atomic E-state index is -0.238. The summed E-state index contributed by atoms with van der Waals surface area (Å²) >= 11 is 13.8. The molecule has 1 saturated carbocycles. The van der Waals surface area contributed by atoms with Crippen molar-refractivity contribution < 1.29 is 14.3 Å². The van der Waals surface area contributed by atoms with Crippen molar-refractivity contribution in [3.63, 3.8) is 0 Å². The Hall–Kier alpha value is -1.95. The number of carbonyl (C=O) groups excluding carboxylic acids is 2. The second kappa shape index (κ2) is 10.3. The Balaban J connectivity index is 1.45. The maximum absolute atomic E-state index is 12.8. The third-order valence-corrected chi connectivity index (χ3v) is 7.33. The van der Waals surface area contributed by atoms with E-state index in [0.717, 1.165) is 30.2 Å². The molecule has 4 nitrogen and oxygen atoms in total. The molecule has 168 valence electrons. The van der Waals surface area contributed by atoms with Gasteiger partial charge in [0, 0.05) is 6.54 Å². The second-order valence-corrected chi connectivity index (χ2v) is 10.2. The highest BCUT2D eigenvalue weighted by Crippen LogP contribution is 2.38. The summed E-state index contributed by atoms with van der Waals surface area (Å²) in [5, 5.41) is 0.511. The predicted octanol–water partition coefficient (Wildman–Crippen LogP) is 7.50. The molecule has 0 bridgehead atoms. The Morgan fingerprint density at radius 2 is 1.72 bits per heavy atom. The molecule has 1 aliphatic heterocycles. The van der Waals surface area contributed by atoms with Crippen LogP contribution in [0.15, 0.2) is 41.3 Å². The van der Waals surface area contributed by atoms with Crippen LogP contribution in [0.4, 0.5) is 4.79 Å². The van der Waals surface area contributed by atoms with Gasteiger partial charge < -0.3 is 4.74 Å². The van der Waals surface area contributed by atoms with Crippen LogP contribution < -0.4 is 4.74 Å². The standard InChI is InChI=1S/C25H25Cl2NO3S/c1-16-7-9-18(10-8-16)15-31-23-20(26)11-19(12-21(23)27)13-22-24(29)28(25(30)32-22)14-17-5-3-2-4-6-17/h7-13,17H,2-6,14-15H2,1H3/b22-13+. The highest BCUT2D eigenvalue weighted by Gasteiger charge is 2.36. The van der Waals surface area contributed by atoms with Crippen LogP contribution in [-0.2, 0) is 11.4 Å². The lowest BCUT2D eigenvalue weighted by Crippen LogP contribution is -2.34. The molecular weight excluding hydrogens is 465 g/mol. The van der Waals surface area contributed by atoms with Crippen LogP contribution in [0.1, 0.15) is 48.8 Å². The molecule has 0 aromatic heterocycles. The van der Waals surface area contributed by atoms with Crippen molar-refractivity contribution in [2.45, 2.75) is 45.6 Å². The number of imide groups is 1. The van der Waals surface area contributed by atoms with Crippen LogP contribution in [0.2, 0.25) is 10.0 Å². The van der Waals surface area contributed by atoms with E-state index < -0.39 is 0 Å². The van der Waals surface area contributed by atoms with Gasteiger partial charge in [-0.25, -0.2) is 0 Å². The smallest absolute Gasteiger partial charge is 0.293 e. The van der Waals surface area contributed by atoms with E-state index in [9.17, 15) is 9.59 Å². The molecule has 1 saturated heterocycles. The molecule has 2 aliphatic rings. The molecule has 0 N–H and O–H groups in total. The van der Waals surface area contributed by atoms with Gasteiger partial charge >= 0.3 is 0 Å². The van der Waals surface area contributed by atoms with Crippen molar-refractivity contribution in [1.82, 2.24) is 4.90 Å². The van der Waals surface area contributed by atoms with Crippen LogP contribution in [0.5, 0.6) is 5.75 Å². The molecule has 7 heteroatoms. The topological polar surface area (TPSA) is 46.6 Å². The van der Waals surface area contributed by atoms with Gasteiger partial charge in [-0.3, -0.25) is 14.5 Å². The average molecular weight is 490 g/mol. The first-order chi connectivity index (χ1) is 15.4. The lowest BCUT2D eigenvalue weighted by atomic mass is 9.89. The van der Waals surface area contributed by atoms with Crippen molar-refractivity contribution in [2.24, 2.45) is 5.92 Å². The Kier molecular flexibility index (Phi) is 7.49. The van der Waals surface area contributed by atoms with Crippen LogP contribution in [0.25, 0.3) is 6.08 Å². The van der Waals surface area contributed by atoms with E-state index in [1.807, 2.05) is 31.2 Å². The van der Waals surface area contributed by atoms with Crippen LogP contribution in [0, 0.1) is 12.8 Å². The molecule has 4 rings (SSSR count). The highest BCUT2D eigenvalue weighted by atomic mass is 35.5.